The van der Waals surface area contributed by atoms with E-state index in [0.29, 0.717) is 27.3 Å². The molecule has 3 N–H and O–H groups in total. The summed E-state index contributed by atoms with van der Waals surface area (Å²) in [6.07, 6.45) is 0. The standard InChI is InChI=1S/C25H20ClN5O/c1-15(16-7-3-2-4-8-16)28-25(32)21-22-24(30-20-10-6-5-9-19(20)29-22)31(23(21)27)18-13-11-17(26)12-14-18/h2-15H,27H2,1H3,(H,28,32)/t15-/m1/s1. The molecule has 5 rings (SSSR count). The number of nitrogens with two attached hydrogens (primary N) is 1. The van der Waals surface area contributed by atoms with Crippen LogP contribution in [0.25, 0.3) is 27.9 Å². The highest BCUT2D eigenvalue weighted by Gasteiger charge is 2.25. The van der Waals surface area contributed by atoms with Crippen molar-refractivity contribution in [1.82, 2.24) is 19.9 Å². The highest BCUT2D eigenvalue weighted by atomic mass is 35.5. The zero-order valence-corrected chi connectivity index (χ0v) is 18.0. The number of nitrogens with zero attached hydrogens (tertiary/aromatic N) is 3. The molecule has 0 aliphatic heterocycles. The average Bonchev–Trinajstić information content (AvgIpc) is 3.09. The summed E-state index contributed by atoms with van der Waals surface area (Å²) in [5.41, 5.74) is 11.0. The van der Waals surface area contributed by atoms with Crippen molar-refractivity contribution in [3.63, 3.8) is 0 Å². The fraction of sp³-hybridized carbons (Fsp3) is 0.0800. The summed E-state index contributed by atoms with van der Waals surface area (Å²) in [5, 5.41) is 3.65. The van der Waals surface area contributed by atoms with E-state index in [-0.39, 0.29) is 17.8 Å². The second-order valence-corrected chi connectivity index (χ2v) is 8.00. The van der Waals surface area contributed by atoms with Crippen LogP contribution in [0.3, 0.4) is 0 Å². The molecule has 0 unspecified atom stereocenters. The highest BCUT2D eigenvalue weighted by molar-refractivity contribution is 6.30. The first-order chi connectivity index (χ1) is 15.5. The van der Waals surface area contributed by atoms with Crippen LogP contribution in [0.2, 0.25) is 5.02 Å². The Balaban J connectivity index is 1.69. The van der Waals surface area contributed by atoms with Gasteiger partial charge in [0.1, 0.15) is 16.9 Å². The number of carbonyl (C=O) groups is 1. The van der Waals surface area contributed by atoms with E-state index in [9.17, 15) is 4.79 Å². The Kier molecular flexibility index (Phi) is 4.99. The van der Waals surface area contributed by atoms with E-state index in [2.05, 4.69) is 5.32 Å². The number of nitrogen functional groups attached to an aromatic ring is 1. The monoisotopic (exact) mass is 441 g/mol. The molecule has 32 heavy (non-hydrogen) atoms. The van der Waals surface area contributed by atoms with Crippen molar-refractivity contribution >= 4 is 45.5 Å². The number of amides is 1. The van der Waals surface area contributed by atoms with Crippen molar-refractivity contribution in [2.24, 2.45) is 0 Å². The molecule has 158 valence electrons. The number of halogens is 1. The predicted octanol–water partition coefficient (Wildman–Crippen LogP) is 5.30. The van der Waals surface area contributed by atoms with Gasteiger partial charge >= 0.3 is 0 Å². The van der Waals surface area contributed by atoms with Crippen LogP contribution in [-0.2, 0) is 0 Å². The van der Waals surface area contributed by atoms with Gasteiger partial charge in [-0.1, -0.05) is 54.1 Å². The van der Waals surface area contributed by atoms with Gasteiger partial charge < -0.3 is 11.1 Å². The van der Waals surface area contributed by atoms with Crippen molar-refractivity contribution in [2.75, 3.05) is 5.73 Å². The lowest BCUT2D eigenvalue weighted by Crippen LogP contribution is -2.27. The van der Waals surface area contributed by atoms with Crippen LogP contribution in [0.15, 0.2) is 78.9 Å². The largest absolute Gasteiger partial charge is 0.384 e. The molecular formula is C25H20ClN5O. The molecule has 6 nitrogen and oxygen atoms in total. The van der Waals surface area contributed by atoms with Crippen molar-refractivity contribution in [2.45, 2.75) is 13.0 Å². The second kappa shape index (κ2) is 7.98. The minimum absolute atomic E-state index is 0.203. The molecule has 0 radical (unpaired) electrons. The average molecular weight is 442 g/mol. The number of rotatable bonds is 4. The molecule has 0 aliphatic carbocycles. The molecule has 0 saturated heterocycles. The molecule has 0 bridgehead atoms. The van der Waals surface area contributed by atoms with E-state index in [0.717, 1.165) is 16.8 Å². The van der Waals surface area contributed by atoms with E-state index in [1.165, 1.54) is 0 Å². The van der Waals surface area contributed by atoms with Crippen LogP contribution in [0.4, 0.5) is 5.82 Å². The van der Waals surface area contributed by atoms with Gasteiger partial charge in [0.2, 0.25) is 0 Å². The fourth-order valence-electron chi connectivity index (χ4n) is 3.83. The molecular weight excluding hydrogens is 422 g/mol. The molecule has 3 aromatic carbocycles. The quantitative estimate of drug-likeness (QED) is 0.396. The lowest BCUT2D eigenvalue weighted by molar-refractivity contribution is 0.0942. The third-order valence-corrected chi connectivity index (χ3v) is 5.71. The molecule has 1 amide bonds. The summed E-state index contributed by atoms with van der Waals surface area (Å²) in [6.45, 7) is 1.93. The van der Waals surface area contributed by atoms with Crippen molar-refractivity contribution < 1.29 is 4.79 Å². The van der Waals surface area contributed by atoms with Gasteiger partial charge in [0.15, 0.2) is 5.65 Å². The first-order valence-corrected chi connectivity index (χ1v) is 10.6. The Labute approximate surface area is 189 Å². The maximum Gasteiger partial charge on any atom is 0.257 e. The molecule has 1 atom stereocenters. The zero-order valence-electron chi connectivity index (χ0n) is 17.3. The van der Waals surface area contributed by atoms with Gasteiger partial charge in [0, 0.05) is 10.7 Å². The van der Waals surface area contributed by atoms with Gasteiger partial charge in [0.05, 0.1) is 17.1 Å². The number of aromatic nitrogens is 3. The number of hydrogen-bond acceptors (Lipinski definition) is 4. The lowest BCUT2D eigenvalue weighted by Gasteiger charge is -2.14. The minimum Gasteiger partial charge on any atom is -0.384 e. The van der Waals surface area contributed by atoms with Crippen LogP contribution in [-0.4, -0.2) is 20.4 Å². The van der Waals surface area contributed by atoms with Crippen molar-refractivity contribution in [3.05, 3.63) is 95.0 Å². The number of anilines is 1. The molecule has 2 aromatic heterocycles. The van der Waals surface area contributed by atoms with Crippen molar-refractivity contribution in [3.8, 4) is 5.69 Å². The first-order valence-electron chi connectivity index (χ1n) is 10.2. The van der Waals surface area contributed by atoms with Crippen molar-refractivity contribution in [1.29, 1.82) is 0 Å². The summed E-state index contributed by atoms with van der Waals surface area (Å²) in [6, 6.07) is 24.3. The van der Waals surface area contributed by atoms with E-state index in [4.69, 9.17) is 27.3 Å². The first kappa shape index (κ1) is 20.0. The zero-order chi connectivity index (χ0) is 22.2. The van der Waals surface area contributed by atoms with Crippen LogP contribution >= 0.6 is 11.6 Å². The molecule has 7 heteroatoms. The Morgan fingerprint density at radius 1 is 0.938 bits per heavy atom. The molecule has 0 fully saturated rings. The predicted molar refractivity (Wildman–Crippen MR) is 128 cm³/mol. The highest BCUT2D eigenvalue weighted by Crippen LogP contribution is 2.31. The number of carbonyl (C=O) groups excluding carboxylic acids is 1. The topological polar surface area (TPSA) is 85.8 Å². The van der Waals surface area contributed by atoms with Gasteiger partial charge in [-0.25, -0.2) is 9.97 Å². The molecule has 2 heterocycles. The Bertz CT molecular complexity index is 1440. The summed E-state index contributed by atoms with van der Waals surface area (Å²) in [4.78, 5) is 22.9. The van der Waals surface area contributed by atoms with Crippen LogP contribution in [0, 0.1) is 0 Å². The Hall–Kier alpha value is -3.90. The Morgan fingerprint density at radius 3 is 2.25 bits per heavy atom. The van der Waals surface area contributed by atoms with Gasteiger partial charge in [-0.2, -0.15) is 0 Å². The summed E-state index contributed by atoms with van der Waals surface area (Å²) >= 11 is 6.07. The number of nitrogens with one attached hydrogen (secondary N) is 1. The van der Waals surface area contributed by atoms with E-state index >= 15 is 0 Å². The number of hydrogen-bond donors (Lipinski definition) is 2. The lowest BCUT2D eigenvalue weighted by atomic mass is 10.1. The third-order valence-electron chi connectivity index (χ3n) is 5.46. The van der Waals surface area contributed by atoms with Gasteiger partial charge in [0.25, 0.3) is 5.91 Å². The van der Waals surface area contributed by atoms with Gasteiger partial charge in [-0.3, -0.25) is 9.36 Å². The molecule has 0 aliphatic rings. The fourth-order valence-corrected chi connectivity index (χ4v) is 3.96. The normalized spacial score (nSPS) is 12.2. The molecule has 0 saturated carbocycles. The summed E-state index contributed by atoms with van der Waals surface area (Å²) < 4.78 is 1.74. The van der Waals surface area contributed by atoms with E-state index < -0.39 is 0 Å². The van der Waals surface area contributed by atoms with Gasteiger partial charge in [-0.15, -0.1) is 0 Å². The van der Waals surface area contributed by atoms with E-state index in [1.54, 1.807) is 16.7 Å². The van der Waals surface area contributed by atoms with Crippen LogP contribution < -0.4 is 11.1 Å². The SMILES string of the molecule is C[C@@H](NC(=O)c1c(N)n(-c2ccc(Cl)cc2)c2nc3ccccc3nc12)c1ccccc1. The smallest absolute Gasteiger partial charge is 0.257 e. The summed E-state index contributed by atoms with van der Waals surface area (Å²) in [5.74, 6) is -0.0310. The molecule has 0 spiro atoms. The molecule has 5 aromatic rings. The summed E-state index contributed by atoms with van der Waals surface area (Å²) in [7, 11) is 0. The van der Waals surface area contributed by atoms with Gasteiger partial charge in [-0.05, 0) is 48.9 Å². The number of benzene rings is 3. The van der Waals surface area contributed by atoms with Crippen LogP contribution in [0.5, 0.6) is 0 Å². The third kappa shape index (κ3) is 3.44. The minimum atomic E-state index is -0.304. The van der Waals surface area contributed by atoms with E-state index in [1.807, 2.05) is 73.7 Å². The van der Waals surface area contributed by atoms with Crippen LogP contribution in [0.1, 0.15) is 28.9 Å². The second-order valence-electron chi connectivity index (χ2n) is 7.56. The number of para-hydroxylation sites is 2. The number of fused-ring (bicyclic) bond motifs is 2. The maximum atomic E-state index is 13.4. The Morgan fingerprint density at radius 2 is 1.56 bits per heavy atom. The maximum absolute atomic E-state index is 13.4.